The Morgan fingerprint density at radius 3 is 2.86 bits per heavy atom. The van der Waals surface area contributed by atoms with E-state index in [1.807, 2.05) is 0 Å². The van der Waals surface area contributed by atoms with Crippen LogP contribution in [0, 0.1) is 6.92 Å². The van der Waals surface area contributed by atoms with E-state index in [4.69, 9.17) is 4.74 Å². The highest BCUT2D eigenvalue weighted by Gasteiger charge is 2.29. The molecule has 0 radical (unpaired) electrons. The molecule has 0 spiro atoms. The second kappa shape index (κ2) is 6.13. The van der Waals surface area contributed by atoms with Crippen molar-refractivity contribution in [1.82, 2.24) is 9.59 Å². The number of hydrogen-bond acceptors (Lipinski definition) is 7. The van der Waals surface area contributed by atoms with Gasteiger partial charge in [0.2, 0.25) is 0 Å². The fourth-order valence-electron chi connectivity index (χ4n) is 2.51. The Balaban J connectivity index is 1.92. The van der Waals surface area contributed by atoms with Crippen molar-refractivity contribution in [3.8, 4) is 0 Å². The van der Waals surface area contributed by atoms with Gasteiger partial charge in [-0.1, -0.05) is 4.49 Å². The van der Waals surface area contributed by atoms with Crippen molar-refractivity contribution < 1.29 is 14.3 Å². The fraction of sp³-hybridized carbons (Fsp3) is 0.429. The molecule has 0 unspecified atom stereocenters. The predicted octanol–water partition coefficient (Wildman–Crippen LogP) is 2.83. The van der Waals surface area contributed by atoms with Crippen LogP contribution in [0.25, 0.3) is 0 Å². The first-order chi connectivity index (χ1) is 10.6. The summed E-state index contributed by atoms with van der Waals surface area (Å²) in [5, 5.41) is 7.24. The number of anilines is 1. The van der Waals surface area contributed by atoms with Crippen LogP contribution in [-0.4, -0.2) is 28.1 Å². The molecule has 116 valence electrons. The number of hydrogen-bond donors (Lipinski definition) is 1. The van der Waals surface area contributed by atoms with Crippen molar-refractivity contribution in [2.45, 2.75) is 33.1 Å². The van der Waals surface area contributed by atoms with Crippen LogP contribution in [0.1, 0.15) is 49.5 Å². The van der Waals surface area contributed by atoms with Gasteiger partial charge in [0.15, 0.2) is 0 Å². The number of aryl methyl sites for hydroxylation is 2. The van der Waals surface area contributed by atoms with Crippen LogP contribution in [-0.2, 0) is 17.6 Å². The van der Waals surface area contributed by atoms with E-state index in [-0.39, 0.29) is 11.9 Å². The number of nitrogens with zero attached hydrogens (tertiary/aromatic N) is 2. The van der Waals surface area contributed by atoms with Crippen molar-refractivity contribution in [3.05, 3.63) is 26.6 Å². The quantitative estimate of drug-likeness (QED) is 0.868. The molecule has 2 heterocycles. The first-order valence-electron chi connectivity index (χ1n) is 7.03. The minimum Gasteiger partial charge on any atom is -0.462 e. The molecular formula is C14H15N3O3S2. The Bertz CT molecular complexity index is 736. The molecule has 0 aliphatic heterocycles. The van der Waals surface area contributed by atoms with Crippen LogP contribution < -0.4 is 5.32 Å². The van der Waals surface area contributed by atoms with Crippen molar-refractivity contribution in [3.63, 3.8) is 0 Å². The van der Waals surface area contributed by atoms with Gasteiger partial charge in [0.1, 0.15) is 9.88 Å². The van der Waals surface area contributed by atoms with Gasteiger partial charge in [-0.2, -0.15) is 0 Å². The number of amides is 1. The fourth-order valence-corrected chi connectivity index (χ4v) is 4.34. The highest BCUT2D eigenvalue weighted by molar-refractivity contribution is 7.17. The first-order valence-corrected chi connectivity index (χ1v) is 8.62. The summed E-state index contributed by atoms with van der Waals surface area (Å²) in [7, 11) is 0. The van der Waals surface area contributed by atoms with Gasteiger partial charge in [0.05, 0.1) is 17.9 Å². The molecule has 1 aliphatic carbocycles. The number of carbonyl (C=O) groups is 2. The number of carbonyl (C=O) groups excluding carboxylic acids is 2. The number of thiophene rings is 1. The Hall–Kier alpha value is -1.80. The van der Waals surface area contributed by atoms with Gasteiger partial charge in [-0.05, 0) is 50.2 Å². The summed E-state index contributed by atoms with van der Waals surface area (Å²) in [4.78, 5) is 26.2. The lowest BCUT2D eigenvalue weighted by Gasteiger charge is -2.07. The van der Waals surface area contributed by atoms with Gasteiger partial charge in [-0.15, -0.1) is 16.4 Å². The summed E-state index contributed by atoms with van der Waals surface area (Å²) < 4.78 is 8.91. The molecule has 0 atom stereocenters. The van der Waals surface area contributed by atoms with Crippen LogP contribution in [0.15, 0.2) is 0 Å². The molecule has 1 amide bonds. The maximum absolute atomic E-state index is 12.3. The minimum atomic E-state index is -0.364. The molecule has 6 nitrogen and oxygen atoms in total. The van der Waals surface area contributed by atoms with Crippen molar-refractivity contribution in [2.75, 3.05) is 11.9 Å². The predicted molar refractivity (Wildman–Crippen MR) is 84.9 cm³/mol. The van der Waals surface area contributed by atoms with Crippen molar-refractivity contribution in [1.29, 1.82) is 0 Å². The van der Waals surface area contributed by atoms with E-state index < -0.39 is 0 Å². The highest BCUT2D eigenvalue weighted by atomic mass is 32.1. The van der Waals surface area contributed by atoms with Crippen molar-refractivity contribution >= 4 is 39.7 Å². The van der Waals surface area contributed by atoms with E-state index in [0.29, 0.717) is 27.7 Å². The first kappa shape index (κ1) is 15.1. The van der Waals surface area contributed by atoms with Crippen LogP contribution in [0.3, 0.4) is 0 Å². The normalized spacial score (nSPS) is 13.0. The summed E-state index contributed by atoms with van der Waals surface area (Å²) >= 11 is 2.51. The van der Waals surface area contributed by atoms with E-state index in [0.717, 1.165) is 41.2 Å². The van der Waals surface area contributed by atoms with Gasteiger partial charge in [-0.3, -0.25) is 4.79 Å². The highest BCUT2D eigenvalue weighted by Crippen LogP contribution is 2.39. The van der Waals surface area contributed by atoms with Gasteiger partial charge in [-0.25, -0.2) is 4.79 Å². The standard InChI is InChI=1S/C14H15N3O3S2/c1-3-20-14(19)10-8-5-4-6-9(8)21-13(10)15-12(18)11-7(2)16-17-22-11/h3-6H2,1-2H3,(H,15,18). The molecule has 0 bridgehead atoms. The Kier molecular flexibility index (Phi) is 4.21. The van der Waals surface area contributed by atoms with Gasteiger partial charge in [0, 0.05) is 4.88 Å². The second-order valence-electron chi connectivity index (χ2n) is 4.92. The number of aromatic nitrogens is 2. The molecule has 0 saturated carbocycles. The maximum Gasteiger partial charge on any atom is 0.341 e. The van der Waals surface area contributed by atoms with E-state index in [9.17, 15) is 9.59 Å². The molecular weight excluding hydrogens is 322 g/mol. The van der Waals surface area contributed by atoms with Gasteiger partial charge < -0.3 is 10.1 Å². The Morgan fingerprint density at radius 2 is 2.18 bits per heavy atom. The number of ether oxygens (including phenoxy) is 1. The van der Waals surface area contributed by atoms with Crippen LogP contribution in [0.2, 0.25) is 0 Å². The average molecular weight is 337 g/mol. The maximum atomic E-state index is 12.3. The third-order valence-electron chi connectivity index (χ3n) is 3.49. The third kappa shape index (κ3) is 2.64. The van der Waals surface area contributed by atoms with Crippen LogP contribution in [0.4, 0.5) is 5.00 Å². The molecule has 0 saturated heterocycles. The number of rotatable bonds is 4. The SMILES string of the molecule is CCOC(=O)c1c(NC(=O)c2snnc2C)sc2c1CCC2. The smallest absolute Gasteiger partial charge is 0.341 e. The van der Waals surface area contributed by atoms with E-state index in [1.54, 1.807) is 13.8 Å². The minimum absolute atomic E-state index is 0.280. The molecule has 1 N–H and O–H groups in total. The largest absolute Gasteiger partial charge is 0.462 e. The Labute approximate surface area is 135 Å². The van der Waals surface area contributed by atoms with Gasteiger partial charge in [0.25, 0.3) is 5.91 Å². The summed E-state index contributed by atoms with van der Waals surface area (Å²) in [6.45, 7) is 3.82. The molecule has 2 aromatic heterocycles. The lowest BCUT2D eigenvalue weighted by atomic mass is 10.1. The lowest BCUT2D eigenvalue weighted by Crippen LogP contribution is -2.15. The zero-order valence-electron chi connectivity index (χ0n) is 12.3. The summed E-state index contributed by atoms with van der Waals surface area (Å²) in [5.41, 5.74) is 2.13. The van der Waals surface area contributed by atoms with Crippen LogP contribution >= 0.6 is 22.9 Å². The molecule has 8 heteroatoms. The monoisotopic (exact) mass is 337 g/mol. The third-order valence-corrected chi connectivity index (χ3v) is 5.52. The van der Waals surface area contributed by atoms with Gasteiger partial charge >= 0.3 is 5.97 Å². The van der Waals surface area contributed by atoms with Crippen LogP contribution in [0.5, 0.6) is 0 Å². The van der Waals surface area contributed by atoms with E-state index in [2.05, 4.69) is 14.9 Å². The second-order valence-corrected chi connectivity index (χ2v) is 6.78. The summed E-state index contributed by atoms with van der Waals surface area (Å²) in [5.74, 6) is -0.644. The van der Waals surface area contributed by atoms with Crippen molar-refractivity contribution in [2.24, 2.45) is 0 Å². The number of nitrogens with one attached hydrogen (secondary N) is 1. The number of esters is 1. The molecule has 3 rings (SSSR count). The molecule has 2 aromatic rings. The molecule has 1 aliphatic rings. The van der Waals surface area contributed by atoms with E-state index >= 15 is 0 Å². The summed E-state index contributed by atoms with van der Waals surface area (Å²) in [6, 6.07) is 0. The average Bonchev–Trinajstić information content (AvgIpc) is 3.14. The zero-order chi connectivity index (χ0) is 15.7. The molecule has 0 aromatic carbocycles. The topological polar surface area (TPSA) is 81.2 Å². The molecule has 22 heavy (non-hydrogen) atoms. The number of fused-ring (bicyclic) bond motifs is 1. The van der Waals surface area contributed by atoms with E-state index in [1.165, 1.54) is 11.3 Å². The molecule has 0 fully saturated rings. The zero-order valence-corrected chi connectivity index (χ0v) is 13.9. The Morgan fingerprint density at radius 1 is 1.36 bits per heavy atom. The summed E-state index contributed by atoms with van der Waals surface area (Å²) in [6.07, 6.45) is 2.85. The lowest BCUT2D eigenvalue weighted by molar-refractivity contribution is 0.0527.